The first-order valence-electron chi connectivity index (χ1n) is 8.89. The minimum absolute atomic E-state index is 0.139. The van der Waals surface area contributed by atoms with Crippen molar-refractivity contribution in [2.75, 3.05) is 6.61 Å². The van der Waals surface area contributed by atoms with Crippen LogP contribution in [0.3, 0.4) is 0 Å². The standard InChI is InChI=1S/C20H16Cl2N4O/c21-12-7-8-14(15(22)10-12)19-25-18-20(26(19)11-13-4-3-9-27-13)24-17-6-2-1-5-16(17)23-18/h1-2,5-8,10,13H,3-4,9,11H2/t13-/m0/s1. The first-order valence-corrected chi connectivity index (χ1v) is 9.65. The minimum atomic E-state index is 0.139. The summed E-state index contributed by atoms with van der Waals surface area (Å²) in [4.78, 5) is 14.3. The molecule has 0 bridgehead atoms. The molecule has 0 N–H and O–H groups in total. The minimum Gasteiger partial charge on any atom is -0.376 e. The predicted molar refractivity (Wildman–Crippen MR) is 107 cm³/mol. The fourth-order valence-corrected chi connectivity index (χ4v) is 4.03. The van der Waals surface area contributed by atoms with Crippen molar-refractivity contribution in [2.45, 2.75) is 25.5 Å². The molecule has 0 radical (unpaired) electrons. The smallest absolute Gasteiger partial charge is 0.198 e. The lowest BCUT2D eigenvalue weighted by Crippen LogP contribution is -2.16. The summed E-state index contributed by atoms with van der Waals surface area (Å²) in [6, 6.07) is 13.2. The molecule has 0 unspecified atom stereocenters. The number of imidazole rings is 1. The van der Waals surface area contributed by atoms with E-state index >= 15 is 0 Å². The molecule has 0 saturated carbocycles. The molecule has 0 aliphatic carbocycles. The van der Waals surface area contributed by atoms with Crippen LogP contribution >= 0.6 is 23.2 Å². The molecule has 1 aliphatic heterocycles. The highest BCUT2D eigenvalue weighted by atomic mass is 35.5. The molecular formula is C20H16Cl2N4O. The van der Waals surface area contributed by atoms with Gasteiger partial charge in [0.15, 0.2) is 11.3 Å². The third-order valence-electron chi connectivity index (χ3n) is 4.84. The quantitative estimate of drug-likeness (QED) is 0.479. The summed E-state index contributed by atoms with van der Waals surface area (Å²) < 4.78 is 7.92. The second-order valence-corrected chi connectivity index (χ2v) is 7.51. The Hall–Kier alpha value is -2.21. The Morgan fingerprint density at radius 1 is 1.04 bits per heavy atom. The lowest BCUT2D eigenvalue weighted by atomic mass is 10.2. The number of rotatable bonds is 3. The zero-order valence-electron chi connectivity index (χ0n) is 14.4. The van der Waals surface area contributed by atoms with Gasteiger partial charge in [0.1, 0.15) is 5.82 Å². The summed E-state index contributed by atoms with van der Waals surface area (Å²) in [5, 5.41) is 1.14. The number of nitrogens with zero attached hydrogens (tertiary/aromatic N) is 4. The highest BCUT2D eigenvalue weighted by Crippen LogP contribution is 2.32. The van der Waals surface area contributed by atoms with Crippen LogP contribution in [0.25, 0.3) is 33.7 Å². The van der Waals surface area contributed by atoms with E-state index in [9.17, 15) is 0 Å². The Labute approximate surface area is 165 Å². The maximum atomic E-state index is 6.48. The molecular weight excluding hydrogens is 383 g/mol. The van der Waals surface area contributed by atoms with E-state index < -0.39 is 0 Å². The number of hydrogen-bond donors (Lipinski definition) is 0. The van der Waals surface area contributed by atoms with Crippen molar-refractivity contribution in [3.63, 3.8) is 0 Å². The van der Waals surface area contributed by atoms with Gasteiger partial charge in [-0.05, 0) is 43.2 Å². The largest absolute Gasteiger partial charge is 0.376 e. The van der Waals surface area contributed by atoms with Crippen molar-refractivity contribution in [1.29, 1.82) is 0 Å². The monoisotopic (exact) mass is 398 g/mol. The molecule has 3 heterocycles. The van der Waals surface area contributed by atoms with Gasteiger partial charge in [-0.1, -0.05) is 35.3 Å². The van der Waals surface area contributed by atoms with Gasteiger partial charge in [-0.2, -0.15) is 0 Å². The lowest BCUT2D eigenvalue weighted by Gasteiger charge is -2.14. The van der Waals surface area contributed by atoms with Gasteiger partial charge < -0.3 is 9.30 Å². The van der Waals surface area contributed by atoms with Gasteiger partial charge in [0.05, 0.1) is 28.7 Å². The summed E-state index contributed by atoms with van der Waals surface area (Å²) in [5.41, 5.74) is 3.81. The molecule has 5 rings (SSSR count). The Balaban J connectivity index is 1.75. The molecule has 0 spiro atoms. The Morgan fingerprint density at radius 2 is 1.85 bits per heavy atom. The average Bonchev–Trinajstić information content (AvgIpc) is 3.29. The Bertz CT molecular complexity index is 1150. The molecule has 0 amide bonds. The summed E-state index contributed by atoms with van der Waals surface area (Å²) in [7, 11) is 0. The van der Waals surface area contributed by atoms with Gasteiger partial charge in [0.2, 0.25) is 0 Å². The fraction of sp³-hybridized carbons (Fsp3) is 0.250. The van der Waals surface area contributed by atoms with Gasteiger partial charge in [-0.25, -0.2) is 15.0 Å². The number of ether oxygens (including phenoxy) is 1. The second-order valence-electron chi connectivity index (χ2n) is 6.66. The van der Waals surface area contributed by atoms with Crippen LogP contribution in [0.15, 0.2) is 42.5 Å². The number of aromatic nitrogens is 4. The number of fused-ring (bicyclic) bond motifs is 2. The molecule has 1 aliphatic rings. The van der Waals surface area contributed by atoms with Crippen LogP contribution in [0.5, 0.6) is 0 Å². The summed E-state index contributed by atoms with van der Waals surface area (Å²) in [6.45, 7) is 1.46. The van der Waals surface area contributed by atoms with Crippen LogP contribution in [-0.4, -0.2) is 32.2 Å². The highest BCUT2D eigenvalue weighted by Gasteiger charge is 2.23. The molecule has 1 atom stereocenters. The van der Waals surface area contributed by atoms with Crippen molar-refractivity contribution in [3.05, 3.63) is 52.5 Å². The molecule has 7 heteroatoms. The molecule has 1 saturated heterocycles. The van der Waals surface area contributed by atoms with Crippen molar-refractivity contribution < 1.29 is 4.74 Å². The third-order valence-corrected chi connectivity index (χ3v) is 5.39. The van der Waals surface area contributed by atoms with Gasteiger partial charge in [0.25, 0.3) is 0 Å². The fourth-order valence-electron chi connectivity index (χ4n) is 3.54. The van der Waals surface area contributed by atoms with E-state index in [-0.39, 0.29) is 6.10 Å². The Kier molecular flexibility index (Phi) is 4.23. The van der Waals surface area contributed by atoms with Crippen LogP contribution in [0.4, 0.5) is 0 Å². The van der Waals surface area contributed by atoms with E-state index in [0.29, 0.717) is 22.2 Å². The number of benzene rings is 2. The molecule has 1 fully saturated rings. The zero-order chi connectivity index (χ0) is 18.4. The zero-order valence-corrected chi connectivity index (χ0v) is 15.9. The van der Waals surface area contributed by atoms with Gasteiger partial charge in [0, 0.05) is 17.2 Å². The van der Waals surface area contributed by atoms with Crippen molar-refractivity contribution in [2.24, 2.45) is 0 Å². The van der Waals surface area contributed by atoms with Crippen molar-refractivity contribution in [1.82, 2.24) is 19.5 Å². The topological polar surface area (TPSA) is 52.8 Å². The van der Waals surface area contributed by atoms with E-state index in [0.717, 1.165) is 47.5 Å². The van der Waals surface area contributed by atoms with E-state index in [1.54, 1.807) is 6.07 Å². The molecule has 2 aromatic heterocycles. The average molecular weight is 399 g/mol. The van der Waals surface area contributed by atoms with Gasteiger partial charge in [-0.15, -0.1) is 0 Å². The first-order chi connectivity index (χ1) is 13.2. The molecule has 27 heavy (non-hydrogen) atoms. The predicted octanol–water partition coefficient (Wildman–Crippen LogP) is 5.13. The van der Waals surface area contributed by atoms with E-state index in [1.807, 2.05) is 36.4 Å². The van der Waals surface area contributed by atoms with Crippen LogP contribution < -0.4 is 0 Å². The maximum absolute atomic E-state index is 6.48. The summed E-state index contributed by atoms with van der Waals surface area (Å²) >= 11 is 12.6. The number of para-hydroxylation sites is 2. The highest BCUT2D eigenvalue weighted by molar-refractivity contribution is 6.36. The number of hydrogen-bond acceptors (Lipinski definition) is 4. The maximum Gasteiger partial charge on any atom is 0.198 e. The second kappa shape index (κ2) is 6.75. The van der Waals surface area contributed by atoms with E-state index in [4.69, 9.17) is 42.9 Å². The Morgan fingerprint density at radius 3 is 2.59 bits per heavy atom. The lowest BCUT2D eigenvalue weighted by molar-refractivity contribution is 0.0981. The normalized spacial score (nSPS) is 17.2. The summed E-state index contributed by atoms with van der Waals surface area (Å²) in [6.07, 6.45) is 2.23. The molecule has 136 valence electrons. The van der Waals surface area contributed by atoms with Gasteiger partial charge in [-0.3, -0.25) is 0 Å². The van der Waals surface area contributed by atoms with E-state index in [2.05, 4.69) is 4.57 Å². The van der Waals surface area contributed by atoms with Crippen LogP contribution in [0.1, 0.15) is 12.8 Å². The molecule has 4 aromatic rings. The summed E-state index contributed by atoms with van der Waals surface area (Å²) in [5.74, 6) is 0.734. The SMILES string of the molecule is Clc1ccc(-c2nc3nc4ccccc4nc3n2C[C@@H]2CCCO2)c(Cl)c1. The van der Waals surface area contributed by atoms with Crippen LogP contribution in [0, 0.1) is 0 Å². The third kappa shape index (κ3) is 3.06. The van der Waals surface area contributed by atoms with Crippen molar-refractivity contribution in [3.8, 4) is 11.4 Å². The first kappa shape index (κ1) is 16.9. The molecule has 2 aromatic carbocycles. The van der Waals surface area contributed by atoms with Gasteiger partial charge >= 0.3 is 0 Å². The van der Waals surface area contributed by atoms with Crippen molar-refractivity contribution >= 4 is 45.5 Å². The van der Waals surface area contributed by atoms with Crippen LogP contribution in [-0.2, 0) is 11.3 Å². The van der Waals surface area contributed by atoms with E-state index in [1.165, 1.54) is 0 Å². The number of halogens is 2. The van der Waals surface area contributed by atoms with Crippen LogP contribution in [0.2, 0.25) is 10.0 Å². The molecule has 5 nitrogen and oxygen atoms in total.